The van der Waals surface area contributed by atoms with Gasteiger partial charge in [-0.3, -0.25) is 5.32 Å². The zero-order chi connectivity index (χ0) is 14.7. The number of urea groups is 1. The van der Waals surface area contributed by atoms with E-state index in [1.165, 1.54) is 5.56 Å². The van der Waals surface area contributed by atoms with Crippen LogP contribution in [-0.2, 0) is 0 Å². The Balaban J connectivity index is 1.58. The lowest BCUT2D eigenvalue weighted by Crippen LogP contribution is -2.30. The average molecular weight is 283 g/mol. The van der Waals surface area contributed by atoms with E-state index in [9.17, 15) is 4.79 Å². The van der Waals surface area contributed by atoms with E-state index in [0.717, 1.165) is 18.5 Å². The van der Waals surface area contributed by atoms with Crippen molar-refractivity contribution in [1.29, 1.82) is 0 Å². The highest BCUT2D eigenvalue weighted by Crippen LogP contribution is 2.19. The molecule has 1 saturated carbocycles. The molecular formula is C15H17N5O. The van der Waals surface area contributed by atoms with Crippen LogP contribution in [0.5, 0.6) is 0 Å². The molecular weight excluding hydrogens is 266 g/mol. The fourth-order valence-corrected chi connectivity index (χ4v) is 1.82. The summed E-state index contributed by atoms with van der Waals surface area (Å²) in [7, 11) is 0. The highest BCUT2D eigenvalue weighted by atomic mass is 16.2. The van der Waals surface area contributed by atoms with E-state index in [1.807, 2.05) is 31.2 Å². The average Bonchev–Trinajstić information content (AvgIpc) is 3.27. The number of aromatic nitrogens is 2. The monoisotopic (exact) mass is 283 g/mol. The second kappa shape index (κ2) is 5.78. The minimum Gasteiger partial charge on any atom is -0.339 e. The molecule has 21 heavy (non-hydrogen) atoms. The van der Waals surface area contributed by atoms with Crippen molar-refractivity contribution in [1.82, 2.24) is 15.5 Å². The second-order valence-corrected chi connectivity index (χ2v) is 5.17. The smallest absolute Gasteiger partial charge is 0.320 e. The minimum absolute atomic E-state index is 0.231. The number of rotatable bonds is 4. The van der Waals surface area contributed by atoms with Gasteiger partial charge in [-0.1, -0.05) is 17.7 Å². The van der Waals surface area contributed by atoms with Gasteiger partial charge in [-0.05, 0) is 44.0 Å². The maximum Gasteiger partial charge on any atom is 0.320 e. The third-order valence-electron chi connectivity index (χ3n) is 3.14. The lowest BCUT2D eigenvalue weighted by molar-refractivity contribution is 0.251. The molecule has 6 heteroatoms. The van der Waals surface area contributed by atoms with Crippen molar-refractivity contribution in [2.24, 2.45) is 0 Å². The number of nitrogens with zero attached hydrogens (tertiary/aromatic N) is 2. The number of amides is 2. The molecule has 108 valence electrons. The molecule has 6 nitrogen and oxygen atoms in total. The number of carbonyl (C=O) groups excluding carboxylic acids is 1. The Morgan fingerprint density at radius 1 is 1.05 bits per heavy atom. The third kappa shape index (κ3) is 3.92. The molecule has 1 heterocycles. The number of aryl methyl sites for hydroxylation is 1. The molecule has 3 N–H and O–H groups in total. The number of hydrogen-bond acceptors (Lipinski definition) is 4. The highest BCUT2D eigenvalue weighted by molar-refractivity contribution is 5.88. The van der Waals surface area contributed by atoms with Crippen LogP contribution in [0.25, 0.3) is 0 Å². The fourth-order valence-electron chi connectivity index (χ4n) is 1.82. The highest BCUT2D eigenvalue weighted by Gasteiger charge is 2.23. The Morgan fingerprint density at radius 2 is 1.71 bits per heavy atom. The van der Waals surface area contributed by atoms with Gasteiger partial charge in [0, 0.05) is 11.7 Å². The summed E-state index contributed by atoms with van der Waals surface area (Å²) >= 11 is 0. The van der Waals surface area contributed by atoms with Crippen molar-refractivity contribution in [3.05, 3.63) is 42.0 Å². The summed E-state index contributed by atoms with van der Waals surface area (Å²) in [6, 6.07) is 11.6. The zero-order valence-electron chi connectivity index (χ0n) is 11.8. The van der Waals surface area contributed by atoms with Crippen molar-refractivity contribution in [3.63, 3.8) is 0 Å². The molecule has 0 spiro atoms. The molecule has 1 aliphatic carbocycles. The number of anilines is 3. The van der Waals surface area contributed by atoms with E-state index in [4.69, 9.17) is 0 Å². The molecule has 1 fully saturated rings. The molecule has 0 aliphatic heterocycles. The summed E-state index contributed by atoms with van der Waals surface area (Å²) < 4.78 is 0. The van der Waals surface area contributed by atoms with E-state index >= 15 is 0 Å². The maximum absolute atomic E-state index is 11.6. The summed E-state index contributed by atoms with van der Waals surface area (Å²) in [5, 5.41) is 16.7. The van der Waals surface area contributed by atoms with Crippen molar-refractivity contribution in [3.8, 4) is 0 Å². The fraction of sp³-hybridized carbons (Fsp3) is 0.267. The topological polar surface area (TPSA) is 78.9 Å². The Hall–Kier alpha value is -2.63. The van der Waals surface area contributed by atoms with Crippen molar-refractivity contribution in [2.75, 3.05) is 10.6 Å². The molecule has 0 bridgehead atoms. The summed E-state index contributed by atoms with van der Waals surface area (Å²) in [6.07, 6.45) is 2.11. The van der Waals surface area contributed by atoms with Gasteiger partial charge in [-0.15, -0.1) is 10.2 Å². The van der Waals surface area contributed by atoms with Gasteiger partial charge in [-0.2, -0.15) is 0 Å². The normalized spacial score (nSPS) is 13.6. The molecule has 2 amide bonds. The van der Waals surface area contributed by atoms with Crippen molar-refractivity contribution >= 4 is 23.4 Å². The van der Waals surface area contributed by atoms with Crippen LogP contribution >= 0.6 is 0 Å². The lowest BCUT2D eigenvalue weighted by Gasteiger charge is -2.07. The molecule has 0 unspecified atom stereocenters. The van der Waals surface area contributed by atoms with E-state index in [-0.39, 0.29) is 6.03 Å². The van der Waals surface area contributed by atoms with Gasteiger partial charge in [0.2, 0.25) is 0 Å². The molecule has 3 rings (SSSR count). The molecule has 1 aliphatic rings. The van der Waals surface area contributed by atoms with Crippen LogP contribution in [0.1, 0.15) is 18.4 Å². The first-order valence-electron chi connectivity index (χ1n) is 6.94. The maximum atomic E-state index is 11.6. The van der Waals surface area contributed by atoms with Crippen LogP contribution in [0.2, 0.25) is 0 Å². The number of benzene rings is 1. The van der Waals surface area contributed by atoms with E-state index in [1.54, 1.807) is 12.1 Å². The van der Waals surface area contributed by atoms with Crippen LogP contribution in [0.15, 0.2) is 36.4 Å². The van der Waals surface area contributed by atoms with Crippen LogP contribution in [0.4, 0.5) is 22.1 Å². The van der Waals surface area contributed by atoms with Gasteiger partial charge in [-0.25, -0.2) is 4.79 Å². The molecule has 1 aromatic heterocycles. The summed E-state index contributed by atoms with van der Waals surface area (Å²) in [6.45, 7) is 2.04. The van der Waals surface area contributed by atoms with E-state index in [2.05, 4.69) is 26.1 Å². The number of hydrogen-bond donors (Lipinski definition) is 3. The van der Waals surface area contributed by atoms with Crippen molar-refractivity contribution in [2.45, 2.75) is 25.8 Å². The van der Waals surface area contributed by atoms with Crippen LogP contribution < -0.4 is 16.0 Å². The Bertz CT molecular complexity index is 620. The Labute approximate surface area is 123 Å². The molecule has 1 aromatic carbocycles. The first-order valence-corrected chi connectivity index (χ1v) is 6.94. The second-order valence-electron chi connectivity index (χ2n) is 5.17. The van der Waals surface area contributed by atoms with Gasteiger partial charge < -0.3 is 10.6 Å². The Kier molecular flexibility index (Phi) is 3.68. The van der Waals surface area contributed by atoms with Gasteiger partial charge in [0.1, 0.15) is 0 Å². The quantitative estimate of drug-likeness (QED) is 0.806. The minimum atomic E-state index is -0.231. The molecule has 0 saturated heterocycles. The van der Waals surface area contributed by atoms with Gasteiger partial charge in [0.05, 0.1) is 0 Å². The number of nitrogens with one attached hydrogen (secondary N) is 3. The van der Waals surface area contributed by atoms with E-state index < -0.39 is 0 Å². The first kappa shape index (κ1) is 13.4. The first-order chi connectivity index (χ1) is 10.2. The van der Waals surface area contributed by atoms with Gasteiger partial charge >= 0.3 is 6.03 Å². The van der Waals surface area contributed by atoms with Crippen molar-refractivity contribution < 1.29 is 4.79 Å². The zero-order valence-corrected chi connectivity index (χ0v) is 11.8. The lowest BCUT2D eigenvalue weighted by atomic mass is 10.2. The van der Waals surface area contributed by atoms with Crippen LogP contribution in [-0.4, -0.2) is 22.3 Å². The van der Waals surface area contributed by atoms with Gasteiger partial charge in [0.25, 0.3) is 0 Å². The van der Waals surface area contributed by atoms with E-state index in [0.29, 0.717) is 17.7 Å². The Morgan fingerprint density at radius 3 is 2.33 bits per heavy atom. The molecule has 0 radical (unpaired) electrons. The summed E-state index contributed by atoms with van der Waals surface area (Å²) in [5.41, 5.74) is 2.15. The van der Waals surface area contributed by atoms with Crippen LogP contribution in [0.3, 0.4) is 0 Å². The van der Waals surface area contributed by atoms with Gasteiger partial charge in [0.15, 0.2) is 11.6 Å². The molecule has 0 atom stereocenters. The summed E-state index contributed by atoms with van der Waals surface area (Å²) in [5.74, 6) is 1.06. The standard InChI is InChI=1S/C15H17N5O/c1-10-2-4-11(5-3-10)16-13-8-9-14(20-19-13)18-15(21)17-12-6-7-12/h2-5,8-9,12H,6-7H2,1H3,(H,16,19)(H2,17,18,20,21). The predicted molar refractivity (Wildman–Crippen MR) is 81.7 cm³/mol. The molecule has 2 aromatic rings. The van der Waals surface area contributed by atoms with Crippen LogP contribution in [0, 0.1) is 6.92 Å². The summed E-state index contributed by atoms with van der Waals surface area (Å²) in [4.78, 5) is 11.6. The SMILES string of the molecule is Cc1ccc(Nc2ccc(NC(=O)NC3CC3)nn2)cc1. The third-order valence-corrected chi connectivity index (χ3v) is 3.14. The number of carbonyl (C=O) groups is 1. The predicted octanol–water partition coefficient (Wildman–Crippen LogP) is 2.81. The largest absolute Gasteiger partial charge is 0.339 e.